The molecule has 5 aliphatic rings. The van der Waals surface area contributed by atoms with E-state index in [-0.39, 0.29) is 68.0 Å². The summed E-state index contributed by atoms with van der Waals surface area (Å²) in [6, 6.07) is -1.46. The number of hydrogen-bond acceptors (Lipinski definition) is 20. The number of nitrogens with zero attached hydrogens (tertiary/aromatic N) is 4. The highest BCUT2D eigenvalue weighted by atomic mass is 16.7. The first-order valence-electron chi connectivity index (χ1n) is 29.3. The lowest BCUT2D eigenvalue weighted by atomic mass is 9.77. The quantitative estimate of drug-likeness (QED) is 0.104. The average molecular weight is 1160 g/mol. The standard InChI is InChI=1S/C60H92N4O18/c1-33-16-12-11-13-17-34(2)46(76-8)28-42-21-19-39(7)60(75,82-42)56(72)57(73)63-23-15-14-18-44(63)58(74)80-47(29-45(66)35(3)25-38(6)51(68)55(78-10)50(67)37(5)24-33)36(4)26-40-20-22-43(48(27-40)77-9)64-30-41(61-62-64)32-79-59-54(71)53(70)52(69)49(31-65)81-59/h11-13,16-17,25,30,33,35-37,39-40,42-44,46-49,51-55,59,65,68-71,75H,14-15,18-24,26-29,31-32H2,1-10H3/b13-11+,16-12+,34-17+,38-25+/t33-,35-,36-,37-,39-,40+,42+,43+,44+,46?,47+,48-,49-,51-,52-,53+,54-,55?,59-,60-/m1/s1. The lowest BCUT2D eigenvalue weighted by Gasteiger charge is -2.42. The van der Waals surface area contributed by atoms with Crippen molar-refractivity contribution in [2.75, 3.05) is 34.5 Å². The number of allylic oxidation sites excluding steroid dienone is 6. The van der Waals surface area contributed by atoms with Crippen LogP contribution in [0, 0.1) is 35.5 Å². The van der Waals surface area contributed by atoms with E-state index >= 15 is 0 Å². The first-order chi connectivity index (χ1) is 39.0. The molecule has 22 heteroatoms. The summed E-state index contributed by atoms with van der Waals surface area (Å²) in [4.78, 5) is 73.0. The maximum atomic E-state index is 14.7. The molecular weight excluding hydrogens is 1060 g/mol. The summed E-state index contributed by atoms with van der Waals surface area (Å²) in [5.74, 6) is -8.56. The third-order valence-corrected chi connectivity index (χ3v) is 17.6. The molecule has 6 N–H and O–H groups in total. The van der Waals surface area contributed by atoms with Crippen molar-refractivity contribution < 1.29 is 87.8 Å². The van der Waals surface area contributed by atoms with Crippen molar-refractivity contribution in [2.45, 2.75) is 217 Å². The van der Waals surface area contributed by atoms with Crippen LogP contribution in [0.2, 0.25) is 0 Å². The van der Waals surface area contributed by atoms with E-state index in [4.69, 9.17) is 33.2 Å². The Labute approximate surface area is 482 Å². The first-order valence-corrected chi connectivity index (χ1v) is 29.3. The number of carbonyl (C=O) groups excluding carboxylic acids is 5. The van der Waals surface area contributed by atoms with Gasteiger partial charge in [0.05, 0.1) is 43.8 Å². The van der Waals surface area contributed by atoms with Gasteiger partial charge >= 0.3 is 5.97 Å². The minimum absolute atomic E-state index is 0.0133. The van der Waals surface area contributed by atoms with Crippen molar-refractivity contribution in [2.24, 2.45) is 35.5 Å². The van der Waals surface area contributed by atoms with Crippen LogP contribution in [-0.2, 0) is 63.7 Å². The number of ketones is 3. The SMILES string of the molecule is COC1C[C@@H]2CC[C@@H](C)[C@@](O)(O2)C(=O)C(=O)N2CCCC[C@H]2C(=O)O[C@H]([C@H](C)C[C@@H]2CC[C@H](n3cc(CO[C@@H]4O[C@H](CO)[C@@H](O)[C@H](O)[C@H]4O)nn3)[C@H](OC)C2)CC(=O)[C@H](C)/C=C(\C)[C@@H](O)C(OC)C(=O)[C@H](C)C[C@H](C)/C=C/C=C/C=C/1C. The Bertz CT molecular complexity index is 2430. The molecule has 1 aliphatic carbocycles. The van der Waals surface area contributed by atoms with E-state index in [0.29, 0.717) is 69.1 Å². The number of methoxy groups -OCH3 is 3. The predicted molar refractivity (Wildman–Crippen MR) is 297 cm³/mol. The molecular formula is C60H92N4O18. The van der Waals surface area contributed by atoms with Gasteiger partial charge in [0.2, 0.25) is 5.79 Å². The van der Waals surface area contributed by atoms with Crippen LogP contribution in [0.5, 0.6) is 0 Å². The van der Waals surface area contributed by atoms with E-state index in [1.54, 1.807) is 58.9 Å². The summed E-state index contributed by atoms with van der Waals surface area (Å²) < 4.78 is 42.9. The van der Waals surface area contributed by atoms with Gasteiger partial charge < -0.3 is 68.7 Å². The number of aromatic nitrogens is 3. The molecule has 460 valence electrons. The zero-order chi connectivity index (χ0) is 60.2. The molecule has 1 saturated carbocycles. The molecule has 20 atom stereocenters. The minimum Gasteiger partial charge on any atom is -0.460 e. The van der Waals surface area contributed by atoms with Crippen LogP contribution in [0.15, 0.2) is 53.8 Å². The van der Waals surface area contributed by atoms with Gasteiger partial charge in [0, 0.05) is 58.5 Å². The summed E-state index contributed by atoms with van der Waals surface area (Å²) in [7, 11) is 4.53. The second kappa shape index (κ2) is 30.6. The number of hydrogen-bond donors (Lipinski definition) is 6. The summed E-state index contributed by atoms with van der Waals surface area (Å²) >= 11 is 0. The summed E-state index contributed by atoms with van der Waals surface area (Å²) in [6.45, 7) is 11.8. The van der Waals surface area contributed by atoms with Gasteiger partial charge in [-0.05, 0) is 107 Å². The number of carbonyl (C=O) groups is 5. The van der Waals surface area contributed by atoms with E-state index in [1.807, 2.05) is 51.2 Å². The Morgan fingerprint density at radius 1 is 0.841 bits per heavy atom. The van der Waals surface area contributed by atoms with Crippen LogP contribution in [0.3, 0.4) is 0 Å². The molecule has 2 bridgehead atoms. The van der Waals surface area contributed by atoms with E-state index in [1.165, 1.54) is 12.0 Å². The minimum atomic E-state index is -2.48. The van der Waals surface area contributed by atoms with Crippen LogP contribution in [-0.4, -0.2) is 193 Å². The van der Waals surface area contributed by atoms with Crippen molar-refractivity contribution >= 4 is 29.2 Å². The van der Waals surface area contributed by atoms with Crippen molar-refractivity contribution in [1.82, 2.24) is 19.9 Å². The highest BCUT2D eigenvalue weighted by Crippen LogP contribution is 2.40. The lowest BCUT2D eigenvalue weighted by molar-refractivity contribution is -0.304. The second-order valence-electron chi connectivity index (χ2n) is 23.8. The van der Waals surface area contributed by atoms with E-state index < -0.39 is 121 Å². The zero-order valence-electron chi connectivity index (χ0n) is 49.5. The number of amides is 1. The van der Waals surface area contributed by atoms with Gasteiger partial charge in [-0.25, -0.2) is 9.48 Å². The molecule has 5 heterocycles. The molecule has 2 unspecified atom stereocenters. The van der Waals surface area contributed by atoms with Crippen LogP contribution in [0.4, 0.5) is 0 Å². The van der Waals surface area contributed by atoms with Crippen LogP contribution in [0.1, 0.15) is 137 Å². The number of aliphatic hydroxyl groups excluding tert-OH is 5. The molecule has 3 saturated heterocycles. The molecule has 4 aliphatic heterocycles. The molecule has 1 aromatic heterocycles. The van der Waals surface area contributed by atoms with Gasteiger partial charge in [0.15, 0.2) is 12.1 Å². The van der Waals surface area contributed by atoms with Gasteiger partial charge in [-0.1, -0.05) is 76.3 Å². The maximum Gasteiger partial charge on any atom is 0.329 e. The number of piperidine rings is 1. The fraction of sp³-hybridized carbons (Fsp3) is 0.750. The predicted octanol–water partition coefficient (Wildman–Crippen LogP) is 3.97. The molecule has 1 aromatic rings. The monoisotopic (exact) mass is 1160 g/mol. The maximum absolute atomic E-state index is 14.7. The molecule has 0 spiro atoms. The summed E-state index contributed by atoms with van der Waals surface area (Å²) in [5, 5.41) is 72.6. The molecule has 22 nitrogen and oxygen atoms in total. The van der Waals surface area contributed by atoms with Crippen molar-refractivity contribution in [3.8, 4) is 0 Å². The smallest absolute Gasteiger partial charge is 0.329 e. The van der Waals surface area contributed by atoms with Crippen LogP contribution >= 0.6 is 0 Å². The number of esters is 1. The third kappa shape index (κ3) is 16.5. The Kier molecular flexibility index (Phi) is 24.9. The van der Waals surface area contributed by atoms with Crippen molar-refractivity contribution in [1.29, 1.82) is 0 Å². The third-order valence-electron chi connectivity index (χ3n) is 17.6. The molecule has 4 fully saturated rings. The molecule has 0 aromatic carbocycles. The Balaban J connectivity index is 1.24. The highest BCUT2D eigenvalue weighted by Gasteiger charge is 2.53. The second-order valence-corrected chi connectivity index (χ2v) is 23.8. The van der Waals surface area contributed by atoms with Crippen molar-refractivity contribution in [3.63, 3.8) is 0 Å². The molecule has 82 heavy (non-hydrogen) atoms. The lowest BCUT2D eigenvalue weighted by Crippen LogP contribution is -2.61. The number of rotatable bonds is 11. The molecule has 6 rings (SSSR count). The molecule has 1 amide bonds. The Morgan fingerprint density at radius 3 is 2.28 bits per heavy atom. The van der Waals surface area contributed by atoms with E-state index in [9.17, 15) is 54.6 Å². The van der Waals surface area contributed by atoms with Gasteiger partial charge in [-0.3, -0.25) is 19.2 Å². The highest BCUT2D eigenvalue weighted by molar-refractivity contribution is 6.39. The van der Waals surface area contributed by atoms with Crippen molar-refractivity contribution in [3.05, 3.63) is 59.5 Å². The average Bonchev–Trinajstić information content (AvgIpc) is 4.09. The van der Waals surface area contributed by atoms with Gasteiger partial charge in [-0.15, -0.1) is 5.10 Å². The number of aliphatic hydroxyl groups is 6. The number of cyclic esters (lactones) is 1. The normalized spacial score (nSPS) is 40.2. The largest absolute Gasteiger partial charge is 0.460 e. The number of fused-ring (bicyclic) bond motifs is 3. The van der Waals surface area contributed by atoms with E-state index in [2.05, 4.69) is 10.3 Å². The number of ether oxygens (including phenoxy) is 7. The van der Waals surface area contributed by atoms with Gasteiger partial charge in [0.25, 0.3) is 11.7 Å². The zero-order valence-corrected chi connectivity index (χ0v) is 49.5. The summed E-state index contributed by atoms with van der Waals surface area (Å²) in [6.07, 6.45) is 5.48. The van der Waals surface area contributed by atoms with Crippen LogP contribution < -0.4 is 0 Å². The summed E-state index contributed by atoms with van der Waals surface area (Å²) in [5.41, 5.74) is 1.59. The van der Waals surface area contributed by atoms with Crippen LogP contribution in [0.25, 0.3) is 0 Å². The van der Waals surface area contributed by atoms with Gasteiger partial charge in [0.1, 0.15) is 60.2 Å². The fourth-order valence-corrected chi connectivity index (χ4v) is 12.3. The Morgan fingerprint density at radius 2 is 1.59 bits per heavy atom. The Hall–Kier alpha value is -4.43. The first kappa shape index (κ1) is 66.7. The topological polar surface area (TPSA) is 305 Å². The number of Topliss-reactive ketones (excluding diaryl/α,β-unsaturated/α-hetero) is 3. The van der Waals surface area contributed by atoms with Gasteiger partial charge in [-0.2, -0.15) is 0 Å². The van der Waals surface area contributed by atoms with E-state index in [0.717, 1.165) is 5.57 Å². The fourth-order valence-electron chi connectivity index (χ4n) is 12.3. The molecule has 0 radical (unpaired) electrons.